The highest BCUT2D eigenvalue weighted by atomic mass is 35.5. The number of halogens is 1. The molecule has 0 bridgehead atoms. The molecule has 4 heteroatoms. The number of rotatable bonds is 1. The van der Waals surface area contributed by atoms with Gasteiger partial charge in [0.15, 0.2) is 0 Å². The zero-order chi connectivity index (χ0) is 9.31. The smallest absolute Gasteiger partial charge is 0.217 e. The largest absolute Gasteiger partial charge is 0.325 e. The van der Waals surface area contributed by atoms with Crippen LogP contribution in [0.2, 0.25) is 11.6 Å². The predicted octanol–water partition coefficient (Wildman–Crippen LogP) is 1.96. The number of hydrogen-bond acceptors (Lipinski definition) is 2. The molecule has 1 heterocycles. The first-order valence-electron chi connectivity index (χ1n) is 4.36. The molecule has 1 saturated heterocycles. The Morgan fingerprint density at radius 2 is 2.08 bits per heavy atom. The van der Waals surface area contributed by atoms with E-state index in [4.69, 9.17) is 11.6 Å². The molecule has 70 valence electrons. The van der Waals surface area contributed by atoms with Crippen LogP contribution in [0.5, 0.6) is 0 Å². The average Bonchev–Trinajstić information content (AvgIpc) is 2.54. The Morgan fingerprint density at radius 1 is 1.38 bits per heavy atom. The van der Waals surface area contributed by atoms with Gasteiger partial charge >= 0.3 is 0 Å². The SMILES string of the molecule is C[Si]1(c2ccc(Cl)cc2)NCCS1. The molecule has 0 aromatic heterocycles. The minimum Gasteiger partial charge on any atom is -0.325 e. The third-order valence-corrected chi connectivity index (χ3v) is 9.43. The van der Waals surface area contributed by atoms with Crippen LogP contribution in [0.25, 0.3) is 0 Å². The van der Waals surface area contributed by atoms with Crippen molar-refractivity contribution in [2.75, 3.05) is 12.3 Å². The Kier molecular flexibility index (Phi) is 2.69. The lowest BCUT2D eigenvalue weighted by Gasteiger charge is -2.20. The molecule has 1 nitrogen and oxygen atoms in total. The molecule has 1 atom stereocenters. The van der Waals surface area contributed by atoms with Crippen LogP contribution in [-0.2, 0) is 0 Å². The summed E-state index contributed by atoms with van der Waals surface area (Å²) >= 11 is 7.94. The maximum Gasteiger partial charge on any atom is 0.217 e. The molecule has 0 saturated carbocycles. The first-order valence-corrected chi connectivity index (χ1v) is 8.95. The van der Waals surface area contributed by atoms with Crippen LogP contribution in [0.3, 0.4) is 0 Å². The van der Waals surface area contributed by atoms with E-state index in [0.29, 0.717) is 0 Å². The second-order valence-electron chi connectivity index (χ2n) is 3.32. The van der Waals surface area contributed by atoms with Crippen LogP contribution < -0.4 is 10.2 Å². The number of benzene rings is 1. The van der Waals surface area contributed by atoms with Gasteiger partial charge in [-0.05, 0) is 30.4 Å². The summed E-state index contributed by atoms with van der Waals surface area (Å²) in [4.78, 5) is 3.63. The van der Waals surface area contributed by atoms with Crippen molar-refractivity contribution >= 4 is 35.4 Å². The molecular formula is C9H12ClNSSi. The summed E-state index contributed by atoms with van der Waals surface area (Å²) < 4.78 is 0. The molecular weight excluding hydrogens is 218 g/mol. The Hall–Kier alpha value is 0.0369. The zero-order valence-electron chi connectivity index (χ0n) is 7.51. The van der Waals surface area contributed by atoms with Gasteiger partial charge in [-0.2, -0.15) is 11.2 Å². The summed E-state index contributed by atoms with van der Waals surface area (Å²) in [6, 6.07) is 8.27. The van der Waals surface area contributed by atoms with Crippen LogP contribution in [0.15, 0.2) is 24.3 Å². The predicted molar refractivity (Wildman–Crippen MR) is 63.2 cm³/mol. The summed E-state index contributed by atoms with van der Waals surface area (Å²) in [7, 11) is -1.38. The highest BCUT2D eigenvalue weighted by molar-refractivity contribution is 8.30. The van der Waals surface area contributed by atoms with Crippen LogP contribution in [-0.4, -0.2) is 19.7 Å². The van der Waals surface area contributed by atoms with E-state index in [2.05, 4.69) is 34.9 Å². The fourth-order valence-electron chi connectivity index (χ4n) is 1.55. The van der Waals surface area contributed by atoms with Crippen LogP contribution in [0.4, 0.5) is 0 Å². The highest BCUT2D eigenvalue weighted by Gasteiger charge is 2.33. The summed E-state index contributed by atoms with van der Waals surface area (Å²) in [5.74, 6) is 1.24. The molecule has 0 radical (unpaired) electrons. The van der Waals surface area contributed by atoms with Crippen molar-refractivity contribution in [3.05, 3.63) is 29.3 Å². The van der Waals surface area contributed by atoms with E-state index in [1.165, 1.54) is 10.9 Å². The van der Waals surface area contributed by atoms with Gasteiger partial charge in [-0.15, -0.1) is 0 Å². The summed E-state index contributed by atoms with van der Waals surface area (Å²) in [5.41, 5.74) is 0. The van der Waals surface area contributed by atoms with E-state index < -0.39 is 7.38 Å². The fraction of sp³-hybridized carbons (Fsp3) is 0.333. The first kappa shape index (κ1) is 9.59. The Balaban J connectivity index is 2.29. The van der Waals surface area contributed by atoms with Crippen molar-refractivity contribution in [3.63, 3.8) is 0 Å². The van der Waals surface area contributed by atoms with Crippen molar-refractivity contribution in [2.24, 2.45) is 0 Å². The van der Waals surface area contributed by atoms with Gasteiger partial charge in [0.25, 0.3) is 0 Å². The molecule has 0 amide bonds. The third kappa shape index (κ3) is 1.93. The van der Waals surface area contributed by atoms with Crippen molar-refractivity contribution in [1.82, 2.24) is 4.98 Å². The second-order valence-corrected chi connectivity index (χ2v) is 10.8. The fourth-order valence-corrected chi connectivity index (χ4v) is 7.40. The summed E-state index contributed by atoms with van der Waals surface area (Å²) in [6.07, 6.45) is 0. The van der Waals surface area contributed by atoms with Crippen LogP contribution in [0.1, 0.15) is 0 Å². The van der Waals surface area contributed by atoms with Gasteiger partial charge in [0, 0.05) is 10.8 Å². The quantitative estimate of drug-likeness (QED) is 0.739. The average molecular weight is 230 g/mol. The standard InChI is InChI=1S/C9H12ClNSSi/c1-13(11-6-7-12-13)9-4-2-8(10)3-5-9/h2-5,11H,6-7H2,1H3. The van der Waals surface area contributed by atoms with Gasteiger partial charge in [-0.1, -0.05) is 23.7 Å². The topological polar surface area (TPSA) is 12.0 Å². The Bertz CT molecular complexity index is 295. The third-order valence-electron chi connectivity index (χ3n) is 2.35. The van der Waals surface area contributed by atoms with E-state index in [-0.39, 0.29) is 0 Å². The van der Waals surface area contributed by atoms with Gasteiger partial charge < -0.3 is 4.98 Å². The molecule has 1 aromatic rings. The summed E-state index contributed by atoms with van der Waals surface area (Å²) in [5, 5.41) is 2.27. The lowest BCUT2D eigenvalue weighted by molar-refractivity contribution is 1.02. The summed E-state index contributed by atoms with van der Waals surface area (Å²) in [6.45, 7) is 3.50. The number of nitrogens with one attached hydrogen (secondary N) is 1. The molecule has 1 aliphatic heterocycles. The van der Waals surface area contributed by atoms with Gasteiger partial charge in [-0.25, -0.2) is 0 Å². The van der Waals surface area contributed by atoms with E-state index in [1.807, 2.05) is 12.1 Å². The second kappa shape index (κ2) is 3.65. The number of hydrogen-bond donors (Lipinski definition) is 1. The van der Waals surface area contributed by atoms with E-state index in [0.717, 1.165) is 11.6 Å². The minimum atomic E-state index is -1.38. The molecule has 1 N–H and O–H groups in total. The van der Waals surface area contributed by atoms with E-state index >= 15 is 0 Å². The minimum absolute atomic E-state index is 0.823. The molecule has 0 aliphatic carbocycles. The molecule has 13 heavy (non-hydrogen) atoms. The molecule has 1 aromatic carbocycles. The Labute approximate surface area is 88.6 Å². The lowest BCUT2D eigenvalue weighted by Crippen LogP contribution is -2.51. The lowest BCUT2D eigenvalue weighted by atomic mass is 10.4. The van der Waals surface area contributed by atoms with Crippen molar-refractivity contribution in [3.8, 4) is 0 Å². The van der Waals surface area contributed by atoms with E-state index in [1.54, 1.807) is 0 Å². The van der Waals surface area contributed by atoms with Gasteiger partial charge in [-0.3, -0.25) is 0 Å². The maximum absolute atomic E-state index is 5.85. The van der Waals surface area contributed by atoms with E-state index in [9.17, 15) is 0 Å². The van der Waals surface area contributed by atoms with Gasteiger partial charge in [0.2, 0.25) is 7.38 Å². The maximum atomic E-state index is 5.85. The van der Waals surface area contributed by atoms with Crippen molar-refractivity contribution in [1.29, 1.82) is 0 Å². The van der Waals surface area contributed by atoms with Gasteiger partial charge in [0.1, 0.15) is 0 Å². The Morgan fingerprint density at radius 3 is 2.62 bits per heavy atom. The molecule has 2 rings (SSSR count). The van der Waals surface area contributed by atoms with Crippen molar-refractivity contribution in [2.45, 2.75) is 6.55 Å². The normalized spacial score (nSPS) is 27.8. The van der Waals surface area contributed by atoms with Crippen LogP contribution in [0, 0.1) is 0 Å². The highest BCUT2D eigenvalue weighted by Crippen LogP contribution is 2.22. The van der Waals surface area contributed by atoms with Gasteiger partial charge in [0.05, 0.1) is 0 Å². The monoisotopic (exact) mass is 229 g/mol. The molecule has 0 spiro atoms. The zero-order valence-corrected chi connectivity index (χ0v) is 10.1. The molecule has 1 unspecified atom stereocenters. The molecule has 1 aliphatic rings. The molecule has 1 fully saturated rings. The van der Waals surface area contributed by atoms with Crippen LogP contribution >= 0.6 is 22.8 Å². The first-order chi connectivity index (χ1) is 6.21. The van der Waals surface area contributed by atoms with Crippen molar-refractivity contribution < 1.29 is 0 Å².